The summed E-state index contributed by atoms with van der Waals surface area (Å²) in [7, 11) is 3.21. The van der Waals surface area contributed by atoms with Gasteiger partial charge in [-0.05, 0) is 36.6 Å². The number of fused-ring (bicyclic) bond motifs is 1. The minimum Gasteiger partial charge on any atom is -0.497 e. The van der Waals surface area contributed by atoms with E-state index in [1.807, 2.05) is 25.1 Å². The predicted octanol–water partition coefficient (Wildman–Crippen LogP) is 1.99. The zero-order valence-corrected chi connectivity index (χ0v) is 13.8. The third-order valence-corrected chi connectivity index (χ3v) is 3.74. The van der Waals surface area contributed by atoms with Crippen LogP contribution in [-0.2, 0) is 11.2 Å². The lowest BCUT2D eigenvalue weighted by molar-refractivity contribution is -0.121. The molecular formula is C17H23N3O3. The van der Waals surface area contributed by atoms with E-state index >= 15 is 0 Å². The quantitative estimate of drug-likeness (QED) is 0.730. The molecule has 124 valence electrons. The molecule has 0 saturated heterocycles. The minimum absolute atomic E-state index is 0.0337. The van der Waals surface area contributed by atoms with Crippen LogP contribution in [0.15, 0.2) is 18.2 Å². The molecule has 6 nitrogen and oxygen atoms in total. The van der Waals surface area contributed by atoms with Gasteiger partial charge in [-0.3, -0.25) is 9.59 Å². The molecule has 3 N–H and O–H groups in total. The lowest BCUT2D eigenvalue weighted by atomic mass is 10.1. The third-order valence-electron chi connectivity index (χ3n) is 3.74. The summed E-state index contributed by atoms with van der Waals surface area (Å²) in [6, 6.07) is 5.64. The van der Waals surface area contributed by atoms with E-state index in [9.17, 15) is 9.59 Å². The van der Waals surface area contributed by atoms with E-state index in [4.69, 9.17) is 4.74 Å². The molecule has 2 aromatic rings. The molecule has 23 heavy (non-hydrogen) atoms. The molecule has 2 rings (SSSR count). The van der Waals surface area contributed by atoms with Crippen molar-refractivity contribution in [1.29, 1.82) is 0 Å². The highest BCUT2D eigenvalue weighted by atomic mass is 16.5. The van der Waals surface area contributed by atoms with Crippen molar-refractivity contribution in [1.82, 2.24) is 15.6 Å². The molecule has 0 fully saturated rings. The topological polar surface area (TPSA) is 83.2 Å². The normalized spacial score (nSPS) is 10.6. The highest BCUT2D eigenvalue weighted by Crippen LogP contribution is 2.27. The van der Waals surface area contributed by atoms with Gasteiger partial charge in [-0.15, -0.1) is 0 Å². The lowest BCUT2D eigenvalue weighted by Crippen LogP contribution is -2.26. The number of hydrogen-bond acceptors (Lipinski definition) is 3. The fourth-order valence-corrected chi connectivity index (χ4v) is 2.57. The molecule has 0 saturated carbocycles. The summed E-state index contributed by atoms with van der Waals surface area (Å²) >= 11 is 0. The van der Waals surface area contributed by atoms with Crippen molar-refractivity contribution in [3.05, 3.63) is 29.5 Å². The summed E-state index contributed by atoms with van der Waals surface area (Å²) in [5.41, 5.74) is 2.29. The maximum Gasteiger partial charge on any atom is 0.267 e. The Bertz CT molecular complexity index is 706. The summed E-state index contributed by atoms with van der Waals surface area (Å²) in [4.78, 5) is 26.8. The Hall–Kier alpha value is -2.50. The summed E-state index contributed by atoms with van der Waals surface area (Å²) < 4.78 is 5.26. The van der Waals surface area contributed by atoms with Crippen LogP contribution >= 0.6 is 0 Å². The minimum atomic E-state index is -0.171. The molecule has 0 unspecified atom stereocenters. The third kappa shape index (κ3) is 3.83. The maximum atomic E-state index is 12.1. The first-order valence-electron chi connectivity index (χ1n) is 7.78. The molecule has 0 aliphatic carbocycles. The second kappa shape index (κ2) is 7.67. The number of H-pyrrole nitrogens is 1. The van der Waals surface area contributed by atoms with Gasteiger partial charge in [-0.25, -0.2) is 0 Å². The predicted molar refractivity (Wildman–Crippen MR) is 89.9 cm³/mol. The van der Waals surface area contributed by atoms with Crippen molar-refractivity contribution < 1.29 is 14.3 Å². The van der Waals surface area contributed by atoms with E-state index in [1.165, 1.54) is 0 Å². The SMILES string of the molecule is CCCC(=O)NCCc1c(C(=O)NC)[nH]c2ccc(OC)cc12. The van der Waals surface area contributed by atoms with Crippen molar-refractivity contribution >= 4 is 22.7 Å². The summed E-state index contributed by atoms with van der Waals surface area (Å²) in [6.45, 7) is 2.46. The zero-order chi connectivity index (χ0) is 16.8. The maximum absolute atomic E-state index is 12.1. The number of carbonyl (C=O) groups is 2. The molecule has 0 radical (unpaired) electrons. The van der Waals surface area contributed by atoms with Crippen LogP contribution in [0.3, 0.4) is 0 Å². The van der Waals surface area contributed by atoms with Crippen LogP contribution in [0.2, 0.25) is 0 Å². The number of aromatic nitrogens is 1. The lowest BCUT2D eigenvalue weighted by Gasteiger charge is -2.07. The van der Waals surface area contributed by atoms with Crippen LogP contribution in [0, 0.1) is 0 Å². The Kier molecular flexibility index (Phi) is 5.62. The summed E-state index contributed by atoms with van der Waals surface area (Å²) in [5, 5.41) is 6.46. The number of rotatable bonds is 7. The Morgan fingerprint density at radius 1 is 1.30 bits per heavy atom. The van der Waals surface area contributed by atoms with Crippen LogP contribution in [0.5, 0.6) is 5.75 Å². The molecule has 6 heteroatoms. The Morgan fingerprint density at radius 3 is 2.74 bits per heavy atom. The molecule has 1 aromatic carbocycles. The van der Waals surface area contributed by atoms with Crippen molar-refractivity contribution in [2.45, 2.75) is 26.2 Å². The first-order chi connectivity index (χ1) is 11.1. The van der Waals surface area contributed by atoms with Gasteiger partial charge in [0.25, 0.3) is 5.91 Å². The Labute approximate surface area is 135 Å². The van der Waals surface area contributed by atoms with Crippen LogP contribution in [0.1, 0.15) is 35.8 Å². The average Bonchev–Trinajstić information content (AvgIpc) is 2.92. The van der Waals surface area contributed by atoms with Gasteiger partial charge in [0.05, 0.1) is 7.11 Å². The van der Waals surface area contributed by atoms with E-state index in [-0.39, 0.29) is 11.8 Å². The molecule has 0 aliphatic rings. The average molecular weight is 317 g/mol. The molecule has 0 aliphatic heterocycles. The van der Waals surface area contributed by atoms with Gasteiger partial charge in [0.1, 0.15) is 11.4 Å². The number of amides is 2. The number of ether oxygens (including phenoxy) is 1. The van der Waals surface area contributed by atoms with Gasteiger partial charge >= 0.3 is 0 Å². The molecule has 1 heterocycles. The van der Waals surface area contributed by atoms with E-state index in [1.54, 1.807) is 14.2 Å². The van der Waals surface area contributed by atoms with Crippen molar-refractivity contribution in [2.24, 2.45) is 0 Å². The second-order valence-corrected chi connectivity index (χ2v) is 5.32. The first-order valence-corrected chi connectivity index (χ1v) is 7.78. The number of aromatic amines is 1. The van der Waals surface area contributed by atoms with Crippen LogP contribution in [0.4, 0.5) is 0 Å². The molecule has 0 bridgehead atoms. The number of hydrogen-bond donors (Lipinski definition) is 3. The number of benzene rings is 1. The molecule has 0 spiro atoms. The summed E-state index contributed by atoms with van der Waals surface area (Å²) in [6.07, 6.45) is 1.91. The van der Waals surface area contributed by atoms with Gasteiger partial charge in [-0.2, -0.15) is 0 Å². The van der Waals surface area contributed by atoms with Crippen molar-refractivity contribution in [3.8, 4) is 5.75 Å². The monoisotopic (exact) mass is 317 g/mol. The fourth-order valence-electron chi connectivity index (χ4n) is 2.57. The van der Waals surface area contributed by atoms with Gasteiger partial charge in [0.15, 0.2) is 0 Å². The zero-order valence-electron chi connectivity index (χ0n) is 13.8. The summed E-state index contributed by atoms with van der Waals surface area (Å²) in [5.74, 6) is 0.595. The standard InChI is InChI=1S/C17H23N3O3/c1-4-5-15(21)19-9-8-12-13-10-11(23-3)6-7-14(13)20-16(12)17(22)18-2/h6-7,10,20H,4-5,8-9H2,1-3H3,(H,18,22)(H,19,21). The number of methoxy groups -OCH3 is 1. The van der Waals surface area contributed by atoms with E-state index in [2.05, 4.69) is 15.6 Å². The second-order valence-electron chi connectivity index (χ2n) is 5.32. The van der Waals surface area contributed by atoms with E-state index in [0.717, 1.165) is 28.6 Å². The smallest absolute Gasteiger partial charge is 0.267 e. The largest absolute Gasteiger partial charge is 0.497 e. The van der Waals surface area contributed by atoms with Crippen molar-refractivity contribution in [3.63, 3.8) is 0 Å². The van der Waals surface area contributed by atoms with E-state index < -0.39 is 0 Å². The van der Waals surface area contributed by atoms with Gasteiger partial charge in [-0.1, -0.05) is 6.92 Å². The van der Waals surface area contributed by atoms with Gasteiger partial charge in [0, 0.05) is 30.9 Å². The Balaban J connectivity index is 2.29. The molecule has 1 aromatic heterocycles. The van der Waals surface area contributed by atoms with Crippen molar-refractivity contribution in [2.75, 3.05) is 20.7 Å². The molecular weight excluding hydrogens is 294 g/mol. The van der Waals surface area contributed by atoms with Crippen LogP contribution in [-0.4, -0.2) is 37.5 Å². The van der Waals surface area contributed by atoms with Crippen LogP contribution in [0.25, 0.3) is 10.9 Å². The highest BCUT2D eigenvalue weighted by molar-refractivity contribution is 6.01. The van der Waals surface area contributed by atoms with Crippen LogP contribution < -0.4 is 15.4 Å². The highest BCUT2D eigenvalue weighted by Gasteiger charge is 2.17. The first kappa shape index (κ1) is 16.9. The van der Waals surface area contributed by atoms with Gasteiger partial charge < -0.3 is 20.4 Å². The van der Waals surface area contributed by atoms with E-state index in [0.29, 0.717) is 25.1 Å². The fraction of sp³-hybridized carbons (Fsp3) is 0.412. The number of carbonyl (C=O) groups excluding carboxylic acids is 2. The molecule has 2 amide bonds. The van der Waals surface area contributed by atoms with Gasteiger partial charge in [0.2, 0.25) is 5.91 Å². The number of nitrogens with one attached hydrogen (secondary N) is 3. The molecule has 0 atom stereocenters. The Morgan fingerprint density at radius 2 is 2.09 bits per heavy atom.